The van der Waals surface area contributed by atoms with E-state index in [-0.39, 0.29) is 0 Å². The molecule has 1 aliphatic rings. The van der Waals surface area contributed by atoms with Crippen molar-refractivity contribution < 1.29 is 13.2 Å². The van der Waals surface area contributed by atoms with Crippen molar-refractivity contribution >= 4 is 0 Å². The van der Waals surface area contributed by atoms with E-state index >= 15 is 0 Å². The molecule has 1 aliphatic carbocycles. The normalized spacial score (nSPS) is 16.5. The zero-order chi connectivity index (χ0) is 11.1. The highest BCUT2D eigenvalue weighted by Gasteiger charge is 2.30. The maximum Gasteiger partial charge on any atom is 0.408 e. The van der Waals surface area contributed by atoms with Gasteiger partial charge in [-0.3, -0.25) is 4.68 Å². The third-order valence-corrected chi connectivity index (χ3v) is 2.83. The molecule has 0 radical (unpaired) electrons. The number of nitrogens with zero attached hydrogens (tertiary/aromatic N) is 2. The number of alkyl halides is 3. The number of aryl methyl sites for hydroxylation is 1. The first-order valence-electron chi connectivity index (χ1n) is 5.09. The Balaban J connectivity index is 2.29. The van der Waals surface area contributed by atoms with Crippen LogP contribution in [0.4, 0.5) is 13.2 Å². The Bertz CT molecular complexity index is 365. The summed E-state index contributed by atoms with van der Waals surface area (Å²) in [6, 6.07) is 0. The summed E-state index contributed by atoms with van der Waals surface area (Å²) in [6.07, 6.45) is -0.388. The van der Waals surface area contributed by atoms with Crippen LogP contribution in [-0.2, 0) is 19.4 Å². The van der Waals surface area contributed by atoms with E-state index in [0.717, 1.165) is 41.6 Å². The molecule has 2 nitrogen and oxygen atoms in total. The minimum atomic E-state index is -4.18. The van der Waals surface area contributed by atoms with Crippen molar-refractivity contribution in [2.75, 3.05) is 0 Å². The van der Waals surface area contributed by atoms with E-state index in [1.807, 2.05) is 0 Å². The first-order chi connectivity index (χ1) is 6.97. The van der Waals surface area contributed by atoms with Gasteiger partial charge in [0, 0.05) is 5.69 Å². The van der Waals surface area contributed by atoms with Gasteiger partial charge in [0.25, 0.3) is 0 Å². The van der Waals surface area contributed by atoms with Crippen LogP contribution in [0.1, 0.15) is 29.8 Å². The predicted octanol–water partition coefficient (Wildman–Crippen LogP) is 2.63. The Morgan fingerprint density at radius 1 is 1.27 bits per heavy atom. The molecular formula is C10H13F3N2. The van der Waals surface area contributed by atoms with E-state index < -0.39 is 12.7 Å². The Hall–Kier alpha value is -1.00. The number of fused-ring (bicyclic) bond motifs is 1. The summed E-state index contributed by atoms with van der Waals surface area (Å²) in [7, 11) is 0. The van der Waals surface area contributed by atoms with Gasteiger partial charge in [-0.05, 0) is 38.2 Å². The summed E-state index contributed by atoms with van der Waals surface area (Å²) in [6.45, 7) is 0.759. The van der Waals surface area contributed by atoms with Crippen LogP contribution < -0.4 is 0 Å². The van der Waals surface area contributed by atoms with Gasteiger partial charge in [-0.1, -0.05) is 0 Å². The average molecular weight is 218 g/mol. The first kappa shape index (κ1) is 10.5. The molecule has 1 heterocycles. The monoisotopic (exact) mass is 218 g/mol. The second-order valence-corrected chi connectivity index (χ2v) is 3.99. The Morgan fingerprint density at radius 2 is 1.93 bits per heavy atom. The minimum absolute atomic E-state index is 0.682. The molecule has 0 unspecified atom stereocenters. The van der Waals surface area contributed by atoms with Crippen LogP contribution in [0.3, 0.4) is 0 Å². The standard InChI is InChI=1S/C10H13F3N2/c1-7-8-4-2-3-5-9(8)14-15(7)6-10(11,12)13/h2-6H2,1H3. The molecule has 0 bridgehead atoms. The molecule has 0 amide bonds. The van der Waals surface area contributed by atoms with E-state index in [9.17, 15) is 13.2 Å². The molecule has 2 rings (SSSR count). The van der Waals surface area contributed by atoms with Crippen molar-refractivity contribution in [3.63, 3.8) is 0 Å². The maximum absolute atomic E-state index is 12.2. The van der Waals surface area contributed by atoms with Gasteiger partial charge in [-0.25, -0.2) is 0 Å². The highest BCUT2D eigenvalue weighted by atomic mass is 19.4. The van der Waals surface area contributed by atoms with Crippen molar-refractivity contribution in [3.8, 4) is 0 Å². The summed E-state index contributed by atoms with van der Waals surface area (Å²) in [5, 5.41) is 4.03. The number of halogens is 3. The Labute approximate surface area is 86.1 Å². The fourth-order valence-electron chi connectivity index (χ4n) is 2.09. The molecule has 15 heavy (non-hydrogen) atoms. The molecule has 0 spiro atoms. The van der Waals surface area contributed by atoms with Crippen LogP contribution in [0.2, 0.25) is 0 Å². The molecule has 0 fully saturated rings. The van der Waals surface area contributed by atoms with Crippen LogP contribution in [0.5, 0.6) is 0 Å². The molecule has 1 aromatic heterocycles. The number of hydrogen-bond donors (Lipinski definition) is 0. The fourth-order valence-corrected chi connectivity index (χ4v) is 2.09. The number of rotatable bonds is 1. The van der Waals surface area contributed by atoms with Gasteiger partial charge in [0.05, 0.1) is 5.69 Å². The van der Waals surface area contributed by atoms with Gasteiger partial charge < -0.3 is 0 Å². The SMILES string of the molecule is Cc1c2c(nn1CC(F)(F)F)CCCC2. The zero-order valence-corrected chi connectivity index (χ0v) is 8.56. The van der Waals surface area contributed by atoms with Crippen molar-refractivity contribution in [1.82, 2.24) is 9.78 Å². The molecule has 0 aromatic carbocycles. The van der Waals surface area contributed by atoms with E-state index in [4.69, 9.17) is 0 Å². The van der Waals surface area contributed by atoms with Crippen LogP contribution in [0.25, 0.3) is 0 Å². The topological polar surface area (TPSA) is 17.8 Å². The quantitative estimate of drug-likeness (QED) is 0.708. The highest BCUT2D eigenvalue weighted by molar-refractivity contribution is 5.27. The molecule has 0 atom stereocenters. The molecule has 0 N–H and O–H groups in total. The van der Waals surface area contributed by atoms with Crippen molar-refractivity contribution in [3.05, 3.63) is 17.0 Å². The van der Waals surface area contributed by atoms with E-state index in [1.54, 1.807) is 6.92 Å². The maximum atomic E-state index is 12.2. The summed E-state index contributed by atoms with van der Waals surface area (Å²) in [5.74, 6) is 0. The lowest BCUT2D eigenvalue weighted by Crippen LogP contribution is -2.19. The van der Waals surface area contributed by atoms with E-state index in [1.165, 1.54) is 0 Å². The average Bonchev–Trinajstić information content (AvgIpc) is 2.42. The first-order valence-corrected chi connectivity index (χ1v) is 5.09. The fraction of sp³-hybridized carbons (Fsp3) is 0.700. The smallest absolute Gasteiger partial charge is 0.260 e. The Kier molecular flexibility index (Phi) is 2.48. The zero-order valence-electron chi connectivity index (χ0n) is 8.56. The molecular weight excluding hydrogens is 205 g/mol. The third-order valence-electron chi connectivity index (χ3n) is 2.83. The second-order valence-electron chi connectivity index (χ2n) is 3.99. The van der Waals surface area contributed by atoms with Crippen molar-refractivity contribution in [2.45, 2.75) is 45.3 Å². The van der Waals surface area contributed by atoms with Crippen LogP contribution in [0.15, 0.2) is 0 Å². The van der Waals surface area contributed by atoms with Gasteiger partial charge in [-0.15, -0.1) is 0 Å². The van der Waals surface area contributed by atoms with Gasteiger partial charge in [0.2, 0.25) is 0 Å². The predicted molar refractivity (Wildman–Crippen MR) is 49.7 cm³/mol. The lowest BCUT2D eigenvalue weighted by Gasteiger charge is -2.09. The number of aromatic nitrogens is 2. The number of hydrogen-bond acceptors (Lipinski definition) is 1. The molecule has 0 aliphatic heterocycles. The lowest BCUT2D eigenvalue weighted by atomic mass is 9.96. The summed E-state index contributed by atoms with van der Waals surface area (Å²) < 4.78 is 37.8. The lowest BCUT2D eigenvalue weighted by molar-refractivity contribution is -0.142. The molecule has 5 heteroatoms. The molecule has 1 aromatic rings. The molecule has 0 saturated heterocycles. The summed E-state index contributed by atoms with van der Waals surface area (Å²) >= 11 is 0. The van der Waals surface area contributed by atoms with Crippen LogP contribution in [-0.4, -0.2) is 16.0 Å². The third kappa shape index (κ3) is 2.16. The molecule has 84 valence electrons. The van der Waals surface area contributed by atoms with E-state index in [0.29, 0.717) is 5.69 Å². The molecule has 0 saturated carbocycles. The van der Waals surface area contributed by atoms with Gasteiger partial charge in [0.15, 0.2) is 0 Å². The minimum Gasteiger partial charge on any atom is -0.260 e. The Morgan fingerprint density at radius 3 is 2.53 bits per heavy atom. The van der Waals surface area contributed by atoms with Crippen molar-refractivity contribution in [2.24, 2.45) is 0 Å². The van der Waals surface area contributed by atoms with Crippen LogP contribution >= 0.6 is 0 Å². The van der Waals surface area contributed by atoms with Crippen molar-refractivity contribution in [1.29, 1.82) is 0 Å². The van der Waals surface area contributed by atoms with Gasteiger partial charge in [0.1, 0.15) is 6.54 Å². The van der Waals surface area contributed by atoms with Gasteiger partial charge >= 0.3 is 6.18 Å². The largest absolute Gasteiger partial charge is 0.408 e. The van der Waals surface area contributed by atoms with Crippen LogP contribution in [0, 0.1) is 6.92 Å². The second kappa shape index (κ2) is 3.54. The van der Waals surface area contributed by atoms with Gasteiger partial charge in [-0.2, -0.15) is 18.3 Å². The summed E-state index contributed by atoms with van der Waals surface area (Å²) in [5.41, 5.74) is 2.58. The highest BCUT2D eigenvalue weighted by Crippen LogP contribution is 2.26. The summed E-state index contributed by atoms with van der Waals surface area (Å²) in [4.78, 5) is 0. The van der Waals surface area contributed by atoms with E-state index in [2.05, 4.69) is 5.10 Å².